The predicted molar refractivity (Wildman–Crippen MR) is 106 cm³/mol. The fourth-order valence-corrected chi connectivity index (χ4v) is 3.99. The number of rotatable bonds is 5. The van der Waals surface area contributed by atoms with Crippen LogP contribution in [0.15, 0.2) is 42.5 Å². The number of fused-ring (bicyclic) bond motifs is 3. The van der Waals surface area contributed by atoms with E-state index in [-0.39, 0.29) is 5.56 Å². The summed E-state index contributed by atoms with van der Waals surface area (Å²) in [6.45, 7) is 0.645. The van der Waals surface area contributed by atoms with Gasteiger partial charge in [-0.3, -0.25) is 0 Å². The second kappa shape index (κ2) is 6.96. The molecule has 2 heterocycles. The van der Waals surface area contributed by atoms with Gasteiger partial charge in [0.15, 0.2) is 11.5 Å². The highest BCUT2D eigenvalue weighted by Gasteiger charge is 2.30. The summed E-state index contributed by atoms with van der Waals surface area (Å²) in [5.74, 6) is 0.772. The minimum absolute atomic E-state index is 0.280. The Balaban J connectivity index is 2.02. The molecular weight excluding hydrogens is 358 g/mol. The fraction of sp³-hybridized carbons (Fsp3) is 0.227. The lowest BCUT2D eigenvalue weighted by atomic mass is 9.96. The van der Waals surface area contributed by atoms with Gasteiger partial charge in [0.2, 0.25) is 5.75 Å². The molecule has 0 fully saturated rings. The lowest BCUT2D eigenvalue weighted by Gasteiger charge is -2.25. The van der Waals surface area contributed by atoms with Crippen LogP contribution >= 0.6 is 0 Å². The lowest BCUT2D eigenvalue weighted by molar-refractivity contribution is 0.0697. The molecule has 3 aromatic rings. The van der Waals surface area contributed by atoms with Crippen molar-refractivity contribution < 1.29 is 24.1 Å². The number of carboxylic acids is 1. The van der Waals surface area contributed by atoms with Crippen LogP contribution in [0.3, 0.4) is 0 Å². The van der Waals surface area contributed by atoms with Crippen molar-refractivity contribution in [2.75, 3.05) is 21.3 Å². The van der Waals surface area contributed by atoms with E-state index in [1.165, 1.54) is 0 Å². The molecule has 0 saturated heterocycles. The van der Waals surface area contributed by atoms with Crippen LogP contribution in [0.4, 0.5) is 0 Å². The van der Waals surface area contributed by atoms with Gasteiger partial charge in [0.1, 0.15) is 0 Å². The number of hydrogen-bond donors (Lipinski definition) is 1. The zero-order valence-electron chi connectivity index (χ0n) is 16.0. The molecule has 0 amide bonds. The number of carboxylic acid groups (broad SMARTS) is 1. The maximum atomic E-state index is 12.0. The van der Waals surface area contributed by atoms with E-state index >= 15 is 0 Å². The van der Waals surface area contributed by atoms with Crippen molar-refractivity contribution in [3.63, 3.8) is 0 Å². The van der Waals surface area contributed by atoms with Crippen LogP contribution in [-0.2, 0) is 13.0 Å². The van der Waals surface area contributed by atoms with E-state index in [1.807, 2.05) is 36.4 Å². The summed E-state index contributed by atoms with van der Waals surface area (Å²) in [5.41, 5.74) is 4.58. The molecule has 0 radical (unpaired) electrons. The van der Waals surface area contributed by atoms with E-state index in [0.717, 1.165) is 22.4 Å². The Morgan fingerprint density at radius 3 is 2.32 bits per heavy atom. The van der Waals surface area contributed by atoms with Gasteiger partial charge < -0.3 is 23.9 Å². The summed E-state index contributed by atoms with van der Waals surface area (Å²) < 4.78 is 18.7. The predicted octanol–water partition coefficient (Wildman–Crippen LogP) is 4.10. The normalized spacial score (nSPS) is 12.1. The quantitative estimate of drug-likeness (QED) is 0.723. The third kappa shape index (κ3) is 2.60. The summed E-state index contributed by atoms with van der Waals surface area (Å²) in [6, 6.07) is 13.2. The number of hydrogen-bond acceptors (Lipinski definition) is 4. The van der Waals surface area contributed by atoms with Crippen LogP contribution in [0.5, 0.6) is 17.2 Å². The molecule has 6 nitrogen and oxygen atoms in total. The Labute approximate surface area is 162 Å². The minimum Gasteiger partial charge on any atom is -0.493 e. The number of aromatic nitrogens is 1. The van der Waals surface area contributed by atoms with E-state index in [9.17, 15) is 9.90 Å². The SMILES string of the molecule is COc1cc2c(c(OC)c1OC)CCn1c-2cc(C(=O)O)c1-c1ccccc1. The van der Waals surface area contributed by atoms with Crippen LogP contribution in [0, 0.1) is 0 Å². The molecule has 0 spiro atoms. The first-order valence-corrected chi connectivity index (χ1v) is 8.95. The molecule has 0 saturated carbocycles. The molecule has 0 unspecified atom stereocenters. The number of benzene rings is 2. The van der Waals surface area contributed by atoms with E-state index in [4.69, 9.17) is 14.2 Å². The first kappa shape index (κ1) is 18.0. The largest absolute Gasteiger partial charge is 0.493 e. The highest BCUT2D eigenvalue weighted by Crippen LogP contribution is 2.48. The van der Waals surface area contributed by atoms with Crippen molar-refractivity contribution in [1.29, 1.82) is 0 Å². The average Bonchev–Trinajstić information content (AvgIpc) is 3.13. The van der Waals surface area contributed by atoms with Crippen LogP contribution in [0.1, 0.15) is 15.9 Å². The molecule has 0 atom stereocenters. The monoisotopic (exact) mass is 379 g/mol. The van der Waals surface area contributed by atoms with Crippen LogP contribution < -0.4 is 14.2 Å². The first-order chi connectivity index (χ1) is 13.6. The topological polar surface area (TPSA) is 69.9 Å². The molecule has 1 aliphatic rings. The highest BCUT2D eigenvalue weighted by atomic mass is 16.5. The van der Waals surface area contributed by atoms with Crippen LogP contribution in [0.2, 0.25) is 0 Å². The molecule has 0 aliphatic carbocycles. The summed E-state index contributed by atoms with van der Waals surface area (Å²) >= 11 is 0. The van der Waals surface area contributed by atoms with Crippen LogP contribution in [0.25, 0.3) is 22.5 Å². The first-order valence-electron chi connectivity index (χ1n) is 8.95. The molecule has 28 heavy (non-hydrogen) atoms. The third-order valence-corrected chi connectivity index (χ3v) is 5.17. The molecule has 1 N–H and O–H groups in total. The maximum absolute atomic E-state index is 12.0. The van der Waals surface area contributed by atoms with Gasteiger partial charge in [0, 0.05) is 23.4 Å². The van der Waals surface area contributed by atoms with E-state index in [2.05, 4.69) is 4.57 Å². The second-order valence-electron chi connectivity index (χ2n) is 6.54. The van der Waals surface area contributed by atoms with E-state index < -0.39 is 5.97 Å². The molecule has 0 bridgehead atoms. The zero-order valence-corrected chi connectivity index (χ0v) is 16.0. The number of nitrogens with zero attached hydrogens (tertiary/aromatic N) is 1. The zero-order chi connectivity index (χ0) is 19.8. The molecule has 4 rings (SSSR count). The molecule has 6 heteroatoms. The third-order valence-electron chi connectivity index (χ3n) is 5.17. The number of ether oxygens (including phenoxy) is 3. The number of aromatic carboxylic acids is 1. The standard InChI is InChI=1S/C22H21NO5/c1-26-18-12-15-14(20(27-2)21(18)28-3)9-10-23-17(15)11-16(22(24)25)19(23)13-7-5-4-6-8-13/h4-8,11-12H,9-10H2,1-3H3,(H,24,25). The Morgan fingerprint density at radius 1 is 1.00 bits per heavy atom. The van der Waals surface area contributed by atoms with Gasteiger partial charge in [-0.2, -0.15) is 0 Å². The van der Waals surface area contributed by atoms with Crippen molar-refractivity contribution in [2.45, 2.75) is 13.0 Å². The Hall–Kier alpha value is -3.41. The van der Waals surface area contributed by atoms with Gasteiger partial charge in [0.05, 0.1) is 32.6 Å². The summed E-state index contributed by atoms with van der Waals surface area (Å²) in [7, 11) is 4.75. The summed E-state index contributed by atoms with van der Waals surface area (Å²) in [5, 5.41) is 9.83. The smallest absolute Gasteiger partial charge is 0.337 e. The van der Waals surface area contributed by atoms with E-state index in [0.29, 0.717) is 35.9 Å². The van der Waals surface area contributed by atoms with Gasteiger partial charge in [-0.05, 0) is 24.1 Å². The van der Waals surface area contributed by atoms with Crippen molar-refractivity contribution >= 4 is 5.97 Å². The van der Waals surface area contributed by atoms with Crippen molar-refractivity contribution in [2.24, 2.45) is 0 Å². The van der Waals surface area contributed by atoms with Gasteiger partial charge in [-0.15, -0.1) is 0 Å². The Morgan fingerprint density at radius 2 is 1.71 bits per heavy atom. The molecule has 1 aromatic heterocycles. The molecular formula is C22H21NO5. The summed E-state index contributed by atoms with van der Waals surface area (Å²) in [4.78, 5) is 12.0. The number of methoxy groups -OCH3 is 3. The molecule has 1 aliphatic heterocycles. The van der Waals surface area contributed by atoms with Crippen molar-refractivity contribution in [3.05, 3.63) is 53.6 Å². The maximum Gasteiger partial charge on any atom is 0.337 e. The van der Waals surface area contributed by atoms with Gasteiger partial charge in [-0.25, -0.2) is 4.79 Å². The van der Waals surface area contributed by atoms with Gasteiger partial charge in [-0.1, -0.05) is 30.3 Å². The van der Waals surface area contributed by atoms with Gasteiger partial charge in [0.25, 0.3) is 0 Å². The average molecular weight is 379 g/mol. The fourth-order valence-electron chi connectivity index (χ4n) is 3.99. The van der Waals surface area contributed by atoms with Crippen LogP contribution in [-0.4, -0.2) is 37.0 Å². The Bertz CT molecular complexity index is 1050. The summed E-state index contributed by atoms with van der Waals surface area (Å²) in [6.07, 6.45) is 0.694. The van der Waals surface area contributed by atoms with E-state index in [1.54, 1.807) is 27.4 Å². The Kier molecular flexibility index (Phi) is 4.47. The van der Waals surface area contributed by atoms with Gasteiger partial charge >= 0.3 is 5.97 Å². The highest BCUT2D eigenvalue weighted by molar-refractivity contribution is 5.98. The lowest BCUT2D eigenvalue weighted by Crippen LogP contribution is -2.14. The minimum atomic E-state index is -0.949. The van der Waals surface area contributed by atoms with Crippen molar-refractivity contribution in [3.8, 4) is 39.8 Å². The van der Waals surface area contributed by atoms with Crippen molar-refractivity contribution in [1.82, 2.24) is 4.57 Å². The molecule has 2 aromatic carbocycles. The number of carbonyl (C=O) groups is 1. The molecule has 144 valence electrons. The second-order valence-corrected chi connectivity index (χ2v) is 6.54.